The Balaban J connectivity index is 1.76. The van der Waals surface area contributed by atoms with Crippen LogP contribution in [0.3, 0.4) is 0 Å². The van der Waals surface area contributed by atoms with Crippen molar-refractivity contribution >= 4 is 11.9 Å². The van der Waals surface area contributed by atoms with Crippen molar-refractivity contribution in [2.75, 3.05) is 32.9 Å². The van der Waals surface area contributed by atoms with Crippen LogP contribution in [0.5, 0.6) is 11.5 Å². The number of carboxylic acid groups (broad SMARTS) is 1. The first-order valence-electron chi connectivity index (χ1n) is 8.41. The molecule has 1 aromatic carbocycles. The maximum Gasteiger partial charge on any atom is 0.306 e. The largest absolute Gasteiger partial charge is 0.486 e. The summed E-state index contributed by atoms with van der Waals surface area (Å²) in [6, 6.07) is 5.55. The van der Waals surface area contributed by atoms with Gasteiger partial charge in [0.25, 0.3) is 0 Å². The third-order valence-electron chi connectivity index (χ3n) is 4.63. The number of hydrogen-bond donors (Lipinski definition) is 1. The number of morpholine rings is 1. The highest BCUT2D eigenvalue weighted by atomic mass is 16.6. The number of aliphatic carboxylic acids is 1. The highest BCUT2D eigenvalue weighted by molar-refractivity contribution is 5.87. The third kappa shape index (κ3) is 3.71. The Morgan fingerprint density at radius 1 is 1.20 bits per heavy atom. The molecule has 2 heterocycles. The van der Waals surface area contributed by atoms with E-state index in [1.54, 1.807) is 4.90 Å². The summed E-state index contributed by atoms with van der Waals surface area (Å²) >= 11 is 0. The maximum atomic E-state index is 13.1. The first-order valence-corrected chi connectivity index (χ1v) is 8.41. The topological polar surface area (TPSA) is 85.3 Å². The predicted octanol–water partition coefficient (Wildman–Crippen LogP) is 1.44. The van der Waals surface area contributed by atoms with Crippen LogP contribution in [-0.4, -0.2) is 60.9 Å². The molecule has 3 rings (SSSR count). The lowest BCUT2D eigenvalue weighted by Crippen LogP contribution is -2.51. The summed E-state index contributed by atoms with van der Waals surface area (Å²) in [6.07, 6.45) is -0.569. The minimum Gasteiger partial charge on any atom is -0.486 e. The molecule has 0 bridgehead atoms. The summed E-state index contributed by atoms with van der Waals surface area (Å²) in [5, 5.41) is 8.93. The number of nitrogens with zero attached hydrogens (tertiary/aromatic N) is 1. The van der Waals surface area contributed by atoms with Crippen molar-refractivity contribution in [3.8, 4) is 11.5 Å². The van der Waals surface area contributed by atoms with Gasteiger partial charge < -0.3 is 24.2 Å². The number of hydrogen-bond acceptors (Lipinski definition) is 5. The molecule has 1 atom stereocenters. The van der Waals surface area contributed by atoms with E-state index in [0.717, 1.165) is 5.56 Å². The van der Waals surface area contributed by atoms with E-state index in [-0.39, 0.29) is 12.3 Å². The van der Waals surface area contributed by atoms with E-state index < -0.39 is 17.5 Å². The Labute approximate surface area is 146 Å². The fourth-order valence-corrected chi connectivity index (χ4v) is 3.17. The molecule has 1 aromatic rings. The molecule has 1 saturated heterocycles. The number of benzene rings is 1. The summed E-state index contributed by atoms with van der Waals surface area (Å²) in [5.41, 5.74) is 0.0732. The van der Waals surface area contributed by atoms with Gasteiger partial charge in [0.2, 0.25) is 5.91 Å². The lowest BCUT2D eigenvalue weighted by Gasteiger charge is -2.37. The van der Waals surface area contributed by atoms with Gasteiger partial charge in [0.05, 0.1) is 24.5 Å². The summed E-state index contributed by atoms with van der Waals surface area (Å²) < 4.78 is 16.6. The zero-order chi connectivity index (χ0) is 18.0. The first kappa shape index (κ1) is 17.5. The molecule has 25 heavy (non-hydrogen) atoms. The van der Waals surface area contributed by atoms with Gasteiger partial charge in [-0.2, -0.15) is 0 Å². The molecule has 2 aliphatic rings. The van der Waals surface area contributed by atoms with Crippen LogP contribution in [0.1, 0.15) is 25.8 Å². The highest BCUT2D eigenvalue weighted by Gasteiger charge is 2.37. The van der Waals surface area contributed by atoms with Crippen LogP contribution in [0, 0.1) is 0 Å². The van der Waals surface area contributed by atoms with Crippen LogP contribution in [0.15, 0.2) is 18.2 Å². The second kappa shape index (κ2) is 6.92. The molecule has 0 unspecified atom stereocenters. The van der Waals surface area contributed by atoms with Gasteiger partial charge in [-0.15, -0.1) is 0 Å². The number of ether oxygens (including phenoxy) is 3. The van der Waals surface area contributed by atoms with Crippen molar-refractivity contribution in [2.24, 2.45) is 0 Å². The van der Waals surface area contributed by atoms with E-state index in [0.29, 0.717) is 44.4 Å². The van der Waals surface area contributed by atoms with Crippen LogP contribution >= 0.6 is 0 Å². The molecule has 0 aliphatic carbocycles. The number of fused-ring (bicyclic) bond motifs is 1. The van der Waals surface area contributed by atoms with Crippen molar-refractivity contribution in [2.45, 2.75) is 31.8 Å². The van der Waals surface area contributed by atoms with Crippen molar-refractivity contribution < 1.29 is 28.9 Å². The summed E-state index contributed by atoms with van der Waals surface area (Å²) in [7, 11) is 0. The quantitative estimate of drug-likeness (QED) is 0.885. The van der Waals surface area contributed by atoms with Crippen molar-refractivity contribution in [3.63, 3.8) is 0 Å². The normalized spacial score (nSPS) is 20.2. The Bertz CT molecular complexity index is 672. The molecule has 2 aliphatic heterocycles. The van der Waals surface area contributed by atoms with E-state index in [9.17, 15) is 9.59 Å². The van der Waals surface area contributed by atoms with Gasteiger partial charge in [-0.3, -0.25) is 9.59 Å². The van der Waals surface area contributed by atoms with E-state index in [2.05, 4.69) is 0 Å². The Kier molecular flexibility index (Phi) is 4.85. The third-order valence-corrected chi connectivity index (χ3v) is 4.63. The van der Waals surface area contributed by atoms with E-state index >= 15 is 0 Å². The molecule has 1 fully saturated rings. The molecular formula is C18H23NO6. The molecule has 0 spiro atoms. The van der Waals surface area contributed by atoms with Crippen LogP contribution in [0.2, 0.25) is 0 Å². The molecule has 136 valence electrons. The van der Waals surface area contributed by atoms with Crippen LogP contribution in [0.25, 0.3) is 0 Å². The number of amides is 1. The first-order chi connectivity index (χ1) is 11.9. The number of carbonyl (C=O) groups is 2. The molecule has 1 N–H and O–H groups in total. The van der Waals surface area contributed by atoms with E-state index in [1.165, 1.54) is 0 Å². The Morgan fingerprint density at radius 3 is 2.64 bits per heavy atom. The fraction of sp³-hybridized carbons (Fsp3) is 0.556. The summed E-state index contributed by atoms with van der Waals surface area (Å²) in [6.45, 7) is 5.84. The SMILES string of the molecule is CC(C)(C(=O)N1CCO[C@H](CC(=O)O)C1)c1ccc2c(c1)OCCO2. The van der Waals surface area contributed by atoms with Gasteiger partial charge in [-0.1, -0.05) is 6.07 Å². The average molecular weight is 349 g/mol. The highest BCUT2D eigenvalue weighted by Crippen LogP contribution is 2.36. The smallest absolute Gasteiger partial charge is 0.306 e. The lowest BCUT2D eigenvalue weighted by atomic mass is 9.82. The minimum absolute atomic E-state index is 0.0529. The lowest BCUT2D eigenvalue weighted by molar-refractivity contribution is -0.150. The molecule has 7 heteroatoms. The standard InChI is InChI=1S/C18H23NO6/c1-18(2,12-3-4-14-15(9-12)25-8-7-24-14)17(22)19-5-6-23-13(11-19)10-16(20)21/h3-4,9,13H,5-8,10-11H2,1-2H3,(H,20,21)/t13-/m1/s1. The fourth-order valence-electron chi connectivity index (χ4n) is 3.17. The monoisotopic (exact) mass is 349 g/mol. The Hall–Kier alpha value is -2.28. The van der Waals surface area contributed by atoms with Crippen LogP contribution in [0.4, 0.5) is 0 Å². The Morgan fingerprint density at radius 2 is 1.92 bits per heavy atom. The van der Waals surface area contributed by atoms with Gasteiger partial charge in [0, 0.05) is 13.1 Å². The molecule has 0 radical (unpaired) electrons. The van der Waals surface area contributed by atoms with E-state index in [1.807, 2.05) is 32.0 Å². The molecule has 0 saturated carbocycles. The zero-order valence-corrected chi connectivity index (χ0v) is 14.5. The number of carbonyl (C=O) groups excluding carboxylic acids is 1. The molecule has 0 aromatic heterocycles. The maximum absolute atomic E-state index is 13.1. The van der Waals surface area contributed by atoms with Crippen LogP contribution in [-0.2, 0) is 19.7 Å². The molecule has 1 amide bonds. The van der Waals surface area contributed by atoms with Gasteiger partial charge in [-0.25, -0.2) is 0 Å². The summed E-state index contributed by atoms with van der Waals surface area (Å²) in [5.74, 6) is 0.356. The second-order valence-corrected chi connectivity index (χ2v) is 6.83. The van der Waals surface area contributed by atoms with Crippen molar-refractivity contribution in [1.82, 2.24) is 4.90 Å². The van der Waals surface area contributed by atoms with Crippen molar-refractivity contribution in [3.05, 3.63) is 23.8 Å². The molecular weight excluding hydrogens is 326 g/mol. The average Bonchev–Trinajstić information content (AvgIpc) is 2.60. The second-order valence-electron chi connectivity index (χ2n) is 6.83. The van der Waals surface area contributed by atoms with Crippen molar-refractivity contribution in [1.29, 1.82) is 0 Å². The van der Waals surface area contributed by atoms with E-state index in [4.69, 9.17) is 19.3 Å². The summed E-state index contributed by atoms with van der Waals surface area (Å²) in [4.78, 5) is 25.6. The predicted molar refractivity (Wildman–Crippen MR) is 89.0 cm³/mol. The molecule has 7 nitrogen and oxygen atoms in total. The van der Waals surface area contributed by atoms with Crippen LogP contribution < -0.4 is 9.47 Å². The zero-order valence-electron chi connectivity index (χ0n) is 14.5. The van der Waals surface area contributed by atoms with Gasteiger partial charge in [-0.05, 0) is 31.5 Å². The van der Waals surface area contributed by atoms with Gasteiger partial charge >= 0.3 is 5.97 Å². The number of rotatable bonds is 4. The minimum atomic E-state index is -0.926. The van der Waals surface area contributed by atoms with Gasteiger partial charge in [0.15, 0.2) is 11.5 Å². The number of carboxylic acids is 1. The van der Waals surface area contributed by atoms with Gasteiger partial charge in [0.1, 0.15) is 13.2 Å².